The topological polar surface area (TPSA) is 60.4 Å². The van der Waals surface area contributed by atoms with Gasteiger partial charge in [-0.25, -0.2) is 13.2 Å². The predicted octanol–water partition coefficient (Wildman–Crippen LogP) is 2.50. The molecule has 0 unspecified atom stereocenters. The van der Waals surface area contributed by atoms with E-state index in [1.165, 1.54) is 0 Å². The first-order chi connectivity index (χ1) is 8.95. The molecule has 20 heavy (non-hydrogen) atoms. The van der Waals surface area contributed by atoms with Gasteiger partial charge in [-0.15, -0.1) is 0 Å². The second kappa shape index (κ2) is 5.31. The first kappa shape index (κ1) is 16.3. The number of hydrogen-bond acceptors (Lipinski definition) is 4. The molecule has 0 aliphatic carbocycles. The largest absolute Gasteiger partial charge is 0.534 e. The Morgan fingerprint density at radius 3 is 2.15 bits per heavy atom. The lowest BCUT2D eigenvalue weighted by molar-refractivity contribution is -0.0500. The summed E-state index contributed by atoms with van der Waals surface area (Å²) in [7, 11) is -6.02. The number of ketones is 1. The smallest absolute Gasteiger partial charge is 0.376 e. The van der Waals surface area contributed by atoms with Gasteiger partial charge in [-0.3, -0.25) is 4.79 Å². The molecular weight excluding hydrogens is 318 g/mol. The Morgan fingerprint density at radius 2 is 1.75 bits per heavy atom. The molecule has 0 saturated heterocycles. The second-order valence-electron chi connectivity index (χ2n) is 3.29. The summed E-state index contributed by atoms with van der Waals surface area (Å²) in [5.41, 5.74) is -6.84. The molecule has 0 aliphatic rings. The summed E-state index contributed by atoms with van der Waals surface area (Å²) < 4.78 is 98.0. The van der Waals surface area contributed by atoms with Gasteiger partial charge in [0.2, 0.25) is 5.78 Å². The van der Waals surface area contributed by atoms with Gasteiger partial charge < -0.3 is 4.18 Å². The van der Waals surface area contributed by atoms with Crippen molar-refractivity contribution < 1.29 is 43.7 Å². The lowest BCUT2D eigenvalue weighted by Gasteiger charge is -2.10. The Morgan fingerprint density at radius 1 is 1.20 bits per heavy atom. The van der Waals surface area contributed by atoms with Crippen molar-refractivity contribution in [2.45, 2.75) is 11.9 Å². The lowest BCUT2D eigenvalue weighted by Crippen LogP contribution is -2.28. The Balaban J connectivity index is 3.09. The van der Waals surface area contributed by atoms with Crippen molar-refractivity contribution >= 4 is 15.9 Å². The highest BCUT2D eigenvalue weighted by Gasteiger charge is 2.48. The van der Waals surface area contributed by atoms with Gasteiger partial charge in [-0.1, -0.05) is 0 Å². The highest BCUT2D eigenvalue weighted by Crippen LogP contribution is 2.28. The minimum atomic E-state index is -6.02. The number of halogens is 6. The average Bonchev–Trinajstić information content (AvgIpc) is 2.26. The fourth-order valence-electron chi connectivity index (χ4n) is 1.04. The number of rotatable bonds is 4. The number of alkyl halides is 5. The molecule has 4 nitrogen and oxygen atoms in total. The van der Waals surface area contributed by atoms with Crippen molar-refractivity contribution in [1.82, 2.24) is 0 Å². The van der Waals surface area contributed by atoms with E-state index < -0.39 is 45.0 Å². The molecule has 1 aromatic carbocycles. The van der Waals surface area contributed by atoms with Gasteiger partial charge in [0.25, 0.3) is 0 Å². The molecule has 0 spiro atoms. The quantitative estimate of drug-likeness (QED) is 0.370. The van der Waals surface area contributed by atoms with Gasteiger partial charge >= 0.3 is 22.1 Å². The summed E-state index contributed by atoms with van der Waals surface area (Å²) in [6, 6.07) is 0.923. The number of hydrogen-bond donors (Lipinski definition) is 0. The predicted molar refractivity (Wildman–Crippen MR) is 52.3 cm³/mol. The first-order valence-electron chi connectivity index (χ1n) is 4.58. The number of carbonyl (C=O) groups excluding carboxylic acids is 1. The van der Waals surface area contributed by atoms with Gasteiger partial charge in [-0.05, 0) is 12.1 Å². The maximum atomic E-state index is 13.2. The molecule has 0 heterocycles. The molecule has 0 amide bonds. The average molecular weight is 322 g/mol. The Kier molecular flexibility index (Phi) is 4.32. The van der Waals surface area contributed by atoms with E-state index in [1.54, 1.807) is 0 Å². The fraction of sp³-hybridized carbons (Fsp3) is 0.222. The zero-order chi connectivity index (χ0) is 15.7. The fourth-order valence-corrected chi connectivity index (χ4v) is 1.49. The molecule has 0 bridgehead atoms. The van der Waals surface area contributed by atoms with Crippen LogP contribution >= 0.6 is 0 Å². The van der Waals surface area contributed by atoms with Crippen LogP contribution < -0.4 is 4.18 Å². The van der Waals surface area contributed by atoms with Gasteiger partial charge in [-0.2, -0.15) is 21.6 Å². The van der Waals surface area contributed by atoms with Crippen LogP contribution in [0.5, 0.6) is 5.75 Å². The molecule has 0 aliphatic heterocycles. The van der Waals surface area contributed by atoms with Crippen LogP contribution in [0.4, 0.5) is 26.3 Å². The highest BCUT2D eigenvalue weighted by molar-refractivity contribution is 7.87. The maximum absolute atomic E-state index is 13.2. The van der Waals surface area contributed by atoms with E-state index >= 15 is 0 Å². The molecule has 0 atom stereocenters. The highest BCUT2D eigenvalue weighted by atomic mass is 32.2. The Labute approximate surface area is 108 Å². The van der Waals surface area contributed by atoms with Crippen molar-refractivity contribution in [3.05, 3.63) is 29.6 Å². The molecule has 0 saturated carbocycles. The molecule has 0 aromatic heterocycles. The summed E-state index contributed by atoms with van der Waals surface area (Å²) in [5, 5.41) is 0. The van der Waals surface area contributed by atoms with E-state index in [0.717, 1.165) is 0 Å². The van der Waals surface area contributed by atoms with Gasteiger partial charge in [0.15, 0.2) is 0 Å². The molecule has 0 radical (unpaired) electrons. The Bertz CT molecular complexity index is 622. The monoisotopic (exact) mass is 322 g/mol. The second-order valence-corrected chi connectivity index (χ2v) is 4.83. The van der Waals surface area contributed by atoms with Crippen LogP contribution in [0.1, 0.15) is 10.4 Å². The van der Waals surface area contributed by atoms with E-state index in [2.05, 4.69) is 4.18 Å². The van der Waals surface area contributed by atoms with E-state index in [-0.39, 0.29) is 6.07 Å². The third kappa shape index (κ3) is 3.40. The van der Waals surface area contributed by atoms with Crippen molar-refractivity contribution in [2.75, 3.05) is 0 Å². The molecule has 1 aromatic rings. The van der Waals surface area contributed by atoms with Crippen LogP contribution in [-0.2, 0) is 10.1 Å². The zero-order valence-electron chi connectivity index (χ0n) is 9.12. The van der Waals surface area contributed by atoms with E-state index in [9.17, 15) is 39.6 Å². The SMILES string of the molecule is O=C(c1ccc(OS(=O)(=O)C(F)(F)F)cc1F)C(F)F. The third-order valence-corrected chi connectivity index (χ3v) is 2.87. The van der Waals surface area contributed by atoms with Crippen molar-refractivity contribution in [2.24, 2.45) is 0 Å². The van der Waals surface area contributed by atoms with Gasteiger partial charge in [0.1, 0.15) is 11.6 Å². The zero-order valence-corrected chi connectivity index (χ0v) is 9.93. The summed E-state index contributed by atoms with van der Waals surface area (Å²) in [6.45, 7) is 0. The van der Waals surface area contributed by atoms with Crippen molar-refractivity contribution in [3.8, 4) is 5.75 Å². The first-order valence-corrected chi connectivity index (χ1v) is 5.99. The van der Waals surface area contributed by atoms with Crippen LogP contribution in [0.2, 0.25) is 0 Å². The molecule has 1 rings (SSSR count). The van der Waals surface area contributed by atoms with Crippen LogP contribution in [0.15, 0.2) is 18.2 Å². The summed E-state index contributed by atoms with van der Waals surface area (Å²) in [5.74, 6) is -4.64. The molecule has 0 N–H and O–H groups in total. The molecule has 11 heteroatoms. The number of benzene rings is 1. The van der Waals surface area contributed by atoms with Crippen LogP contribution in [0, 0.1) is 5.82 Å². The summed E-state index contributed by atoms with van der Waals surface area (Å²) in [4.78, 5) is 10.8. The van der Waals surface area contributed by atoms with Crippen molar-refractivity contribution in [3.63, 3.8) is 0 Å². The summed E-state index contributed by atoms with van der Waals surface area (Å²) in [6.07, 6.45) is -3.52. The molecule has 0 fully saturated rings. The van der Waals surface area contributed by atoms with Crippen LogP contribution in [-0.4, -0.2) is 26.1 Å². The number of Topliss-reactive ketones (excluding diaryl/α,β-unsaturated/α-hetero) is 1. The van der Waals surface area contributed by atoms with Gasteiger partial charge in [0, 0.05) is 6.07 Å². The summed E-state index contributed by atoms with van der Waals surface area (Å²) >= 11 is 0. The van der Waals surface area contributed by atoms with Gasteiger partial charge in [0.05, 0.1) is 5.56 Å². The van der Waals surface area contributed by atoms with E-state index in [1.807, 2.05) is 0 Å². The standard InChI is InChI=1S/C9H4F6O4S/c10-6-3-4(19-20(17,18)9(13,14)15)1-2-5(6)7(16)8(11)12/h1-3,8H. The van der Waals surface area contributed by atoms with E-state index in [0.29, 0.717) is 12.1 Å². The van der Waals surface area contributed by atoms with E-state index in [4.69, 9.17) is 0 Å². The van der Waals surface area contributed by atoms with Crippen molar-refractivity contribution in [1.29, 1.82) is 0 Å². The third-order valence-electron chi connectivity index (χ3n) is 1.89. The lowest BCUT2D eigenvalue weighted by atomic mass is 10.1. The van der Waals surface area contributed by atoms with Crippen LogP contribution in [0.3, 0.4) is 0 Å². The van der Waals surface area contributed by atoms with Crippen LogP contribution in [0.25, 0.3) is 0 Å². The Hall–Kier alpha value is -1.78. The number of carbonyl (C=O) groups is 1. The maximum Gasteiger partial charge on any atom is 0.534 e. The minimum absolute atomic E-state index is 0.0822. The minimum Gasteiger partial charge on any atom is -0.376 e. The normalized spacial score (nSPS) is 12.6. The molecular formula is C9H4F6O4S. The molecule has 112 valence electrons.